The number of anilines is 1. The highest BCUT2D eigenvalue weighted by molar-refractivity contribution is 6.00. The molecule has 0 radical (unpaired) electrons. The predicted octanol–water partition coefficient (Wildman–Crippen LogP) is 4.99. The normalized spacial score (nSPS) is 16.5. The number of benzene rings is 1. The van der Waals surface area contributed by atoms with Gasteiger partial charge in [0, 0.05) is 12.3 Å². The van der Waals surface area contributed by atoms with Gasteiger partial charge in [-0.2, -0.15) is 26.3 Å². The van der Waals surface area contributed by atoms with Gasteiger partial charge in [0.15, 0.2) is 0 Å². The van der Waals surface area contributed by atoms with E-state index in [4.69, 9.17) is 4.74 Å². The van der Waals surface area contributed by atoms with Gasteiger partial charge in [0.2, 0.25) is 5.88 Å². The second-order valence-corrected chi connectivity index (χ2v) is 9.70. The van der Waals surface area contributed by atoms with E-state index < -0.39 is 47.1 Å². The maximum absolute atomic E-state index is 13.5. The fraction of sp³-hybridized carbons (Fsp3) is 0.333. The second kappa shape index (κ2) is 10.2. The molecule has 0 spiro atoms. The lowest BCUT2D eigenvalue weighted by Crippen LogP contribution is -2.55. The molecule has 41 heavy (non-hydrogen) atoms. The van der Waals surface area contributed by atoms with Crippen molar-refractivity contribution >= 4 is 17.7 Å². The molecule has 0 unspecified atom stereocenters. The van der Waals surface area contributed by atoms with Crippen molar-refractivity contribution < 1.29 is 45.4 Å². The molecule has 2 aromatic heterocycles. The van der Waals surface area contributed by atoms with E-state index in [9.17, 15) is 35.9 Å². The largest absolute Gasteiger partial charge is 0.471 e. The van der Waals surface area contributed by atoms with Crippen LogP contribution in [0, 0.1) is 0 Å². The zero-order valence-electron chi connectivity index (χ0n) is 21.3. The Hall–Kier alpha value is -4.36. The van der Waals surface area contributed by atoms with Crippen molar-refractivity contribution in [2.75, 3.05) is 25.1 Å². The Morgan fingerprint density at radius 1 is 1.00 bits per heavy atom. The molecule has 1 amide bonds. The zero-order valence-corrected chi connectivity index (χ0v) is 21.3. The van der Waals surface area contributed by atoms with E-state index >= 15 is 0 Å². The number of hydrogen-bond acceptors (Lipinski definition) is 7. The molecular weight excluding hydrogens is 558 g/mol. The predicted molar refractivity (Wildman–Crippen MR) is 131 cm³/mol. The van der Waals surface area contributed by atoms with Gasteiger partial charge >= 0.3 is 18.3 Å². The third kappa shape index (κ3) is 5.91. The minimum atomic E-state index is -4.75. The van der Waals surface area contributed by atoms with Crippen LogP contribution in [0.3, 0.4) is 0 Å². The van der Waals surface area contributed by atoms with Crippen molar-refractivity contribution in [1.82, 2.24) is 15.3 Å². The third-order valence-electron chi connectivity index (χ3n) is 6.85. The molecule has 216 valence electrons. The number of ether oxygens (including phenoxy) is 2. The smallest absolute Gasteiger partial charge is 0.433 e. The molecule has 0 atom stereocenters. The zero-order chi connectivity index (χ0) is 29.6. The lowest BCUT2D eigenvalue weighted by atomic mass is 10.0. The number of methoxy groups -OCH3 is 1. The highest BCUT2D eigenvalue weighted by Crippen LogP contribution is 2.46. The van der Waals surface area contributed by atoms with Crippen LogP contribution in [0.1, 0.15) is 50.4 Å². The van der Waals surface area contributed by atoms with Crippen LogP contribution >= 0.6 is 0 Å². The summed E-state index contributed by atoms with van der Waals surface area (Å²) in [5.74, 6) is -1.59. The van der Waals surface area contributed by atoms with E-state index in [-0.39, 0.29) is 30.4 Å². The highest BCUT2D eigenvalue weighted by Gasteiger charge is 2.47. The van der Waals surface area contributed by atoms with Crippen LogP contribution in [0.25, 0.3) is 0 Å². The van der Waals surface area contributed by atoms with Crippen LogP contribution in [0.2, 0.25) is 0 Å². The molecule has 1 saturated carbocycles. The Balaban J connectivity index is 1.33. The molecule has 1 aliphatic heterocycles. The van der Waals surface area contributed by atoms with Gasteiger partial charge in [-0.05, 0) is 42.7 Å². The number of nitrogens with one attached hydrogen (secondary N) is 1. The quantitative estimate of drug-likeness (QED) is 0.311. The van der Waals surface area contributed by atoms with Crippen LogP contribution in [0.4, 0.5) is 32.2 Å². The summed E-state index contributed by atoms with van der Waals surface area (Å²) in [6.07, 6.45) is -8.36. The summed E-state index contributed by atoms with van der Waals surface area (Å²) < 4.78 is 89.5. The first-order valence-corrected chi connectivity index (χ1v) is 12.3. The molecule has 3 heterocycles. The highest BCUT2D eigenvalue weighted by atomic mass is 19.4. The number of halogens is 6. The Morgan fingerprint density at radius 2 is 1.68 bits per heavy atom. The second-order valence-electron chi connectivity index (χ2n) is 9.70. The number of nitrogens with zero attached hydrogens (tertiary/aromatic N) is 3. The standard InChI is InChI=1S/C27H22F6N4O4/c1-40-24(39)15-5-7-16(8-6-15)25(9-10-25)36-23(38)19-11-17(26(28,29)30)12-34-22(19)37-13-18(14-37)41-21-4-2-3-20(35-21)27(31,32)33/h2-8,11-12,18H,9-10,13-14H2,1H3,(H,36,38). The number of carbonyl (C=O) groups is 2. The first-order chi connectivity index (χ1) is 19.3. The van der Waals surface area contributed by atoms with Crippen LogP contribution in [0.5, 0.6) is 5.88 Å². The molecule has 2 aliphatic rings. The van der Waals surface area contributed by atoms with Crippen LogP contribution in [0.15, 0.2) is 54.7 Å². The molecular formula is C27H22F6N4O4. The number of esters is 1. The summed E-state index contributed by atoms with van der Waals surface area (Å²) in [6.45, 7) is 0.105. The van der Waals surface area contributed by atoms with E-state index in [1.165, 1.54) is 30.2 Å². The van der Waals surface area contributed by atoms with Crippen molar-refractivity contribution in [3.63, 3.8) is 0 Å². The molecule has 8 nitrogen and oxygen atoms in total. The summed E-state index contributed by atoms with van der Waals surface area (Å²) in [6, 6.07) is 10.3. The number of alkyl halides is 6. The number of aromatic nitrogens is 2. The fourth-order valence-electron chi connectivity index (χ4n) is 4.47. The average molecular weight is 580 g/mol. The molecule has 3 aromatic rings. The molecule has 2 fully saturated rings. The van der Waals surface area contributed by atoms with Crippen molar-refractivity contribution in [3.05, 3.63) is 82.7 Å². The molecule has 14 heteroatoms. The van der Waals surface area contributed by atoms with Crippen LogP contribution in [-0.4, -0.2) is 48.1 Å². The molecule has 1 aromatic carbocycles. The number of carbonyl (C=O) groups excluding carboxylic acids is 2. The summed E-state index contributed by atoms with van der Waals surface area (Å²) in [5.41, 5.74) is -2.40. The van der Waals surface area contributed by atoms with Gasteiger partial charge in [0.1, 0.15) is 17.6 Å². The van der Waals surface area contributed by atoms with Gasteiger partial charge in [-0.15, -0.1) is 0 Å². The van der Waals surface area contributed by atoms with Gasteiger partial charge in [0.05, 0.1) is 42.4 Å². The Labute approximate surface area is 229 Å². The lowest BCUT2D eigenvalue weighted by Gasteiger charge is -2.40. The SMILES string of the molecule is COC(=O)c1ccc(C2(NC(=O)c3cc(C(F)(F)F)cnc3N3CC(Oc4cccc(C(F)(F)F)n4)C3)CC2)cc1. The van der Waals surface area contributed by atoms with E-state index in [0.29, 0.717) is 30.2 Å². The Kier molecular flexibility index (Phi) is 7.03. The number of rotatable bonds is 7. The average Bonchev–Trinajstić information content (AvgIpc) is 3.69. The van der Waals surface area contributed by atoms with E-state index in [1.807, 2.05) is 0 Å². The Morgan fingerprint density at radius 3 is 2.27 bits per heavy atom. The minimum Gasteiger partial charge on any atom is -0.471 e. The van der Waals surface area contributed by atoms with Crippen LogP contribution in [-0.2, 0) is 22.6 Å². The molecule has 0 bridgehead atoms. The fourth-order valence-corrected chi connectivity index (χ4v) is 4.47. The minimum absolute atomic E-state index is 0.0239. The van der Waals surface area contributed by atoms with Gasteiger partial charge in [0.25, 0.3) is 5.91 Å². The first-order valence-electron chi connectivity index (χ1n) is 12.3. The number of amides is 1. The van der Waals surface area contributed by atoms with Crippen molar-refractivity contribution in [2.24, 2.45) is 0 Å². The Bertz CT molecular complexity index is 1470. The third-order valence-corrected chi connectivity index (χ3v) is 6.85. The van der Waals surface area contributed by atoms with E-state index in [1.54, 1.807) is 12.1 Å². The first kappa shape index (κ1) is 28.2. The molecule has 1 aliphatic carbocycles. The maximum Gasteiger partial charge on any atom is 0.433 e. The maximum atomic E-state index is 13.5. The van der Waals surface area contributed by atoms with Gasteiger partial charge in [-0.25, -0.2) is 14.8 Å². The van der Waals surface area contributed by atoms with Gasteiger partial charge in [-0.1, -0.05) is 18.2 Å². The summed E-state index contributed by atoms with van der Waals surface area (Å²) >= 11 is 0. The van der Waals surface area contributed by atoms with Crippen molar-refractivity contribution in [3.8, 4) is 5.88 Å². The summed E-state index contributed by atoms with van der Waals surface area (Å²) in [7, 11) is 1.24. The lowest BCUT2D eigenvalue weighted by molar-refractivity contribution is -0.141. The van der Waals surface area contributed by atoms with Gasteiger partial charge in [-0.3, -0.25) is 4.79 Å². The monoisotopic (exact) mass is 580 g/mol. The summed E-state index contributed by atoms with van der Waals surface area (Å²) in [4.78, 5) is 34.0. The van der Waals surface area contributed by atoms with E-state index in [0.717, 1.165) is 18.2 Å². The number of hydrogen-bond donors (Lipinski definition) is 1. The van der Waals surface area contributed by atoms with Crippen molar-refractivity contribution in [1.29, 1.82) is 0 Å². The van der Waals surface area contributed by atoms with Crippen LogP contribution < -0.4 is 15.0 Å². The van der Waals surface area contributed by atoms with Crippen molar-refractivity contribution in [2.45, 2.75) is 36.8 Å². The molecule has 5 rings (SSSR count). The van der Waals surface area contributed by atoms with Gasteiger partial charge < -0.3 is 19.7 Å². The molecule has 1 N–H and O–H groups in total. The topological polar surface area (TPSA) is 93.6 Å². The summed E-state index contributed by atoms with van der Waals surface area (Å²) in [5, 5.41) is 2.82. The number of pyridine rings is 2. The van der Waals surface area contributed by atoms with E-state index in [2.05, 4.69) is 20.0 Å². The molecule has 1 saturated heterocycles.